The van der Waals surface area contributed by atoms with E-state index >= 15 is 0 Å². The van der Waals surface area contributed by atoms with Crippen molar-refractivity contribution in [1.82, 2.24) is 48.9 Å². The highest BCUT2D eigenvalue weighted by Gasteiger charge is 2.18. The number of hydrogen-bond donors (Lipinski definition) is 2. The van der Waals surface area contributed by atoms with E-state index in [4.69, 9.17) is 20.4 Å². The first-order chi connectivity index (χ1) is 21.3. The maximum absolute atomic E-state index is 9.27. The van der Waals surface area contributed by atoms with Gasteiger partial charge in [0.15, 0.2) is 0 Å². The molecule has 12 heteroatoms. The smallest absolute Gasteiger partial charge is 0.133 e. The monoisotopic (exact) mass is 606 g/mol. The van der Waals surface area contributed by atoms with Crippen LogP contribution in [-0.4, -0.2) is 85.4 Å². The summed E-state index contributed by atoms with van der Waals surface area (Å²) in [6, 6.07) is 8.72. The number of rotatable bonds is 10. The number of unbranched alkanes of at least 4 members (excludes halogenated alkanes) is 4. The summed E-state index contributed by atoms with van der Waals surface area (Å²) in [5, 5.41) is 38.6. The van der Waals surface area contributed by atoms with Gasteiger partial charge < -0.3 is 10.2 Å². The summed E-state index contributed by atoms with van der Waals surface area (Å²) in [7, 11) is 0. The lowest BCUT2D eigenvalue weighted by molar-refractivity contribution is 0.232. The van der Waals surface area contributed by atoms with Crippen LogP contribution in [0.15, 0.2) is 24.3 Å². The van der Waals surface area contributed by atoms with Crippen LogP contribution in [0.3, 0.4) is 0 Å². The zero-order valence-electron chi connectivity index (χ0n) is 27.0. The summed E-state index contributed by atoms with van der Waals surface area (Å²) < 4.78 is 8.18. The van der Waals surface area contributed by atoms with Gasteiger partial charge in [-0.05, 0) is 104 Å². The first kappa shape index (κ1) is 32.1. The number of aliphatic hydroxyl groups is 2. The Morgan fingerprint density at radius 2 is 0.773 bits per heavy atom. The molecule has 0 atom stereocenters. The van der Waals surface area contributed by atoms with Crippen molar-refractivity contribution in [3.63, 3.8) is 0 Å². The fraction of sp³-hybridized carbons (Fsp3) is 0.625. The average Bonchev–Trinajstić information content (AvgIpc) is 3.71. The van der Waals surface area contributed by atoms with Crippen LogP contribution in [0.25, 0.3) is 0 Å². The van der Waals surface area contributed by atoms with Crippen molar-refractivity contribution >= 4 is 0 Å². The van der Waals surface area contributed by atoms with E-state index in [0.717, 1.165) is 123 Å². The fourth-order valence-electron chi connectivity index (χ4n) is 6.04. The molecule has 8 bridgehead atoms. The number of fused-ring (bicyclic) bond motifs is 8. The molecule has 1 aliphatic rings. The molecule has 2 N–H and O–H groups in total. The van der Waals surface area contributed by atoms with Crippen LogP contribution < -0.4 is 0 Å². The van der Waals surface area contributed by atoms with Crippen LogP contribution in [0.5, 0.6) is 0 Å². The van der Waals surface area contributed by atoms with E-state index in [0.29, 0.717) is 13.3 Å². The van der Waals surface area contributed by atoms with Crippen molar-refractivity contribution in [2.45, 2.75) is 106 Å². The van der Waals surface area contributed by atoms with Gasteiger partial charge in [-0.1, -0.05) is 0 Å². The largest absolute Gasteiger partial charge is 0.396 e. The molecule has 0 unspecified atom stereocenters. The molecule has 240 valence electrons. The van der Waals surface area contributed by atoms with Crippen molar-refractivity contribution in [3.8, 4) is 0 Å². The Hall–Kier alpha value is -3.32. The second-order valence-corrected chi connectivity index (χ2v) is 12.4. The maximum atomic E-state index is 9.27. The van der Waals surface area contributed by atoms with Crippen LogP contribution >= 0.6 is 0 Å². The average molecular weight is 607 g/mol. The minimum absolute atomic E-state index is 0.235. The van der Waals surface area contributed by atoms with E-state index < -0.39 is 0 Å². The third-order valence-corrected chi connectivity index (χ3v) is 8.47. The van der Waals surface area contributed by atoms with Crippen LogP contribution in [0.4, 0.5) is 0 Å². The molecule has 4 aromatic heterocycles. The van der Waals surface area contributed by atoms with Crippen molar-refractivity contribution in [3.05, 3.63) is 69.8 Å². The predicted octanol–water partition coefficient (Wildman–Crippen LogP) is 3.36. The van der Waals surface area contributed by atoms with Crippen LogP contribution in [0.2, 0.25) is 0 Å². The molecule has 12 nitrogen and oxygen atoms in total. The minimum atomic E-state index is 0.235. The molecule has 0 saturated heterocycles. The van der Waals surface area contributed by atoms with Crippen molar-refractivity contribution in [2.24, 2.45) is 0 Å². The molecule has 0 radical (unpaired) electrons. The highest BCUT2D eigenvalue weighted by molar-refractivity contribution is 5.14. The lowest BCUT2D eigenvalue weighted by Crippen LogP contribution is -2.25. The third-order valence-electron chi connectivity index (χ3n) is 8.47. The van der Waals surface area contributed by atoms with E-state index in [1.54, 1.807) is 0 Å². The molecule has 1 aliphatic heterocycles. The zero-order valence-corrected chi connectivity index (χ0v) is 27.0. The first-order valence-electron chi connectivity index (χ1n) is 16.1. The number of aromatic nitrogens is 8. The molecule has 0 spiro atoms. The molecule has 0 aromatic carbocycles. The standard InChI is InChI=1S/C32H50N10O2/c1-25-15-29-19-37(11-7-5-9-13-43)20-31-17-27(3)41(35-31)24-42-28(4)18-32(36-42)22-38(12-8-6-10-14-44)21-30-16-26(2)40(34-30)23-39(25)33-29/h15-18,43-44H,5-14,19-24H2,1-4H3. The summed E-state index contributed by atoms with van der Waals surface area (Å²) in [5.74, 6) is 0. The van der Waals surface area contributed by atoms with E-state index in [-0.39, 0.29) is 13.2 Å². The van der Waals surface area contributed by atoms with Gasteiger partial charge in [0.05, 0.1) is 22.8 Å². The first-order valence-corrected chi connectivity index (χ1v) is 16.1. The Balaban J connectivity index is 1.45. The fourth-order valence-corrected chi connectivity index (χ4v) is 6.04. The normalized spacial score (nSPS) is 15.2. The number of hydrogen-bond acceptors (Lipinski definition) is 8. The number of nitrogens with zero attached hydrogens (tertiary/aromatic N) is 10. The SMILES string of the molecule is Cc1cc2nn1Cn1nc(cc1C)CN(CCCCCO)Cc1cc(C)n(n1)Cn1nc(cc1C)CN(CCCCCO)C2. The van der Waals surface area contributed by atoms with Gasteiger partial charge >= 0.3 is 0 Å². The quantitative estimate of drug-likeness (QED) is 0.264. The van der Waals surface area contributed by atoms with Crippen molar-refractivity contribution in [1.29, 1.82) is 0 Å². The molecule has 0 saturated carbocycles. The molecule has 5 heterocycles. The van der Waals surface area contributed by atoms with Crippen molar-refractivity contribution in [2.75, 3.05) is 26.3 Å². The number of aryl methyl sites for hydroxylation is 4. The summed E-state index contributed by atoms with van der Waals surface area (Å²) in [6.45, 7) is 14.8. The second kappa shape index (κ2) is 15.1. The van der Waals surface area contributed by atoms with Crippen molar-refractivity contribution < 1.29 is 10.2 Å². The molecule has 44 heavy (non-hydrogen) atoms. The Morgan fingerprint density at radius 3 is 1.05 bits per heavy atom. The molecule has 5 rings (SSSR count). The van der Waals surface area contributed by atoms with Gasteiger partial charge in [-0.3, -0.25) is 9.80 Å². The Kier molecular flexibility index (Phi) is 11.0. The lowest BCUT2D eigenvalue weighted by atomic mass is 10.2. The summed E-state index contributed by atoms with van der Waals surface area (Å²) in [6.07, 6.45) is 5.68. The molecular formula is C32H50N10O2. The number of aliphatic hydroxyl groups excluding tert-OH is 2. The van der Waals surface area contributed by atoms with Gasteiger partial charge in [0, 0.05) is 62.2 Å². The van der Waals surface area contributed by atoms with Gasteiger partial charge in [-0.15, -0.1) is 0 Å². The zero-order chi connectivity index (χ0) is 31.1. The van der Waals surface area contributed by atoms with Gasteiger partial charge in [0.2, 0.25) is 0 Å². The third kappa shape index (κ3) is 8.44. The van der Waals surface area contributed by atoms with Crippen LogP contribution in [0.1, 0.15) is 84.1 Å². The van der Waals surface area contributed by atoms with Gasteiger partial charge in [0.1, 0.15) is 13.3 Å². The highest BCUT2D eigenvalue weighted by Crippen LogP contribution is 2.17. The summed E-state index contributed by atoms with van der Waals surface area (Å²) in [5.41, 5.74) is 8.58. The lowest BCUT2D eigenvalue weighted by Gasteiger charge is -2.20. The maximum Gasteiger partial charge on any atom is 0.133 e. The molecular weight excluding hydrogens is 556 g/mol. The molecule has 0 aliphatic carbocycles. The van der Waals surface area contributed by atoms with Gasteiger partial charge in [-0.25, -0.2) is 18.7 Å². The van der Waals surface area contributed by atoms with Gasteiger partial charge in [0.25, 0.3) is 0 Å². The van der Waals surface area contributed by atoms with E-state index in [2.05, 4.69) is 61.8 Å². The molecule has 4 aromatic rings. The second-order valence-electron chi connectivity index (χ2n) is 12.4. The predicted molar refractivity (Wildman–Crippen MR) is 169 cm³/mol. The Morgan fingerprint density at radius 1 is 0.477 bits per heavy atom. The van der Waals surface area contributed by atoms with E-state index in [1.165, 1.54) is 0 Å². The van der Waals surface area contributed by atoms with Crippen LogP contribution in [0, 0.1) is 27.7 Å². The Bertz CT molecular complexity index is 1280. The highest BCUT2D eigenvalue weighted by atomic mass is 16.3. The van der Waals surface area contributed by atoms with Crippen LogP contribution in [-0.2, 0) is 39.5 Å². The van der Waals surface area contributed by atoms with Gasteiger partial charge in [-0.2, -0.15) is 20.4 Å². The van der Waals surface area contributed by atoms with E-state index in [1.807, 2.05) is 18.7 Å². The summed E-state index contributed by atoms with van der Waals surface area (Å²) in [4.78, 5) is 4.83. The molecule has 0 fully saturated rings. The molecule has 0 amide bonds. The minimum Gasteiger partial charge on any atom is -0.396 e. The van der Waals surface area contributed by atoms with E-state index in [9.17, 15) is 10.2 Å². The topological polar surface area (TPSA) is 118 Å². The Labute approximate surface area is 260 Å². The summed E-state index contributed by atoms with van der Waals surface area (Å²) >= 11 is 0.